The van der Waals surface area contributed by atoms with Crippen LogP contribution < -0.4 is 16.8 Å². The third-order valence-corrected chi connectivity index (χ3v) is 3.55. The van der Waals surface area contributed by atoms with E-state index in [1.54, 1.807) is 6.07 Å². The molecule has 1 aliphatic rings. The molecule has 6 nitrogen and oxygen atoms in total. The van der Waals surface area contributed by atoms with Gasteiger partial charge in [0.1, 0.15) is 11.5 Å². The van der Waals surface area contributed by atoms with Gasteiger partial charge in [0.2, 0.25) is 0 Å². The fraction of sp³-hybridized carbons (Fsp3) is 0.538. The van der Waals surface area contributed by atoms with Crippen LogP contribution in [0.4, 0.5) is 11.5 Å². The highest BCUT2D eigenvalue weighted by atomic mass is 16.1. The molecule has 1 saturated heterocycles. The smallest absolute Gasteiger partial charge is 0.267 e. The lowest BCUT2D eigenvalue weighted by molar-refractivity contribution is 0.0996. The summed E-state index contributed by atoms with van der Waals surface area (Å²) in [5.41, 5.74) is 11.8. The molecule has 1 atom stereocenters. The molecule has 1 fully saturated rings. The molecule has 0 bridgehead atoms. The number of nitrogens with zero attached hydrogens (tertiary/aromatic N) is 2. The van der Waals surface area contributed by atoms with E-state index in [9.17, 15) is 4.79 Å². The lowest BCUT2D eigenvalue weighted by Gasteiger charge is -2.15. The maximum absolute atomic E-state index is 11.1. The molecule has 0 aliphatic carbocycles. The summed E-state index contributed by atoms with van der Waals surface area (Å²) in [6, 6.07) is 3.19. The van der Waals surface area contributed by atoms with Gasteiger partial charge in [0.15, 0.2) is 0 Å². The first-order valence-corrected chi connectivity index (χ1v) is 6.62. The second-order valence-electron chi connectivity index (χ2n) is 4.93. The van der Waals surface area contributed by atoms with Gasteiger partial charge < -0.3 is 21.7 Å². The molecular weight excluding hydrogens is 242 g/mol. The number of hydrogen-bond donors (Lipinski definition) is 3. The minimum Gasteiger partial charge on any atom is -0.396 e. The number of carbonyl (C=O) groups excluding carboxylic acids is 1. The summed E-state index contributed by atoms with van der Waals surface area (Å²) in [6.07, 6.45) is 1.18. The van der Waals surface area contributed by atoms with Gasteiger partial charge in [-0.25, -0.2) is 4.98 Å². The number of nitrogens with one attached hydrogen (secondary N) is 1. The second kappa shape index (κ2) is 5.88. The average Bonchev–Trinajstić information content (AvgIpc) is 2.85. The zero-order chi connectivity index (χ0) is 13.8. The number of aromatic nitrogens is 1. The average molecular weight is 263 g/mol. The van der Waals surface area contributed by atoms with Crippen molar-refractivity contribution in [3.8, 4) is 0 Å². The maximum Gasteiger partial charge on any atom is 0.267 e. The van der Waals surface area contributed by atoms with Crippen LogP contribution in [0.1, 0.15) is 23.8 Å². The van der Waals surface area contributed by atoms with Gasteiger partial charge in [0, 0.05) is 13.1 Å². The molecule has 1 amide bonds. The first-order valence-electron chi connectivity index (χ1n) is 6.62. The van der Waals surface area contributed by atoms with E-state index in [1.807, 2.05) is 0 Å². The van der Waals surface area contributed by atoms with Crippen molar-refractivity contribution in [2.45, 2.75) is 13.3 Å². The zero-order valence-corrected chi connectivity index (χ0v) is 11.2. The Labute approximate surface area is 113 Å². The number of pyridine rings is 1. The van der Waals surface area contributed by atoms with E-state index in [4.69, 9.17) is 11.5 Å². The molecule has 1 unspecified atom stereocenters. The monoisotopic (exact) mass is 263 g/mol. The third kappa shape index (κ3) is 3.35. The Hall–Kier alpha value is -1.82. The molecule has 6 heteroatoms. The number of carbonyl (C=O) groups is 1. The van der Waals surface area contributed by atoms with E-state index in [2.05, 4.69) is 22.1 Å². The summed E-state index contributed by atoms with van der Waals surface area (Å²) in [5.74, 6) is 0.603. The van der Waals surface area contributed by atoms with Crippen molar-refractivity contribution in [3.63, 3.8) is 0 Å². The van der Waals surface area contributed by atoms with Crippen LogP contribution in [-0.2, 0) is 0 Å². The molecule has 5 N–H and O–H groups in total. The number of primary amides is 1. The van der Waals surface area contributed by atoms with Gasteiger partial charge >= 0.3 is 0 Å². The number of anilines is 2. The quantitative estimate of drug-likeness (QED) is 0.719. The third-order valence-electron chi connectivity index (χ3n) is 3.55. The molecule has 1 aromatic heterocycles. The van der Waals surface area contributed by atoms with E-state index in [1.165, 1.54) is 12.5 Å². The minimum atomic E-state index is -0.541. The fourth-order valence-electron chi connectivity index (χ4n) is 2.36. The highest BCUT2D eigenvalue weighted by Crippen LogP contribution is 2.19. The standard InChI is InChI=1S/C13H21N5O/c1-2-18-6-5-9(8-18)7-16-13-10(14)3-4-11(17-13)12(15)19/h3-4,9H,2,5-8,14H2,1H3,(H2,15,19)(H,16,17). The first kappa shape index (κ1) is 13.6. The molecule has 0 radical (unpaired) electrons. The van der Waals surface area contributed by atoms with E-state index < -0.39 is 5.91 Å². The number of likely N-dealkylation sites (tertiary alicyclic amines) is 1. The first-order chi connectivity index (χ1) is 9.10. The predicted molar refractivity (Wildman–Crippen MR) is 75.9 cm³/mol. The Kier molecular flexibility index (Phi) is 4.21. The van der Waals surface area contributed by atoms with Crippen LogP contribution in [-0.4, -0.2) is 42.0 Å². The largest absolute Gasteiger partial charge is 0.396 e. The molecule has 1 aromatic rings. The van der Waals surface area contributed by atoms with Gasteiger partial charge in [-0.2, -0.15) is 0 Å². The van der Waals surface area contributed by atoms with Crippen LogP contribution in [0, 0.1) is 5.92 Å². The minimum absolute atomic E-state index is 0.235. The molecule has 19 heavy (non-hydrogen) atoms. The summed E-state index contributed by atoms with van der Waals surface area (Å²) in [5, 5.41) is 3.22. The van der Waals surface area contributed by atoms with Crippen molar-refractivity contribution in [1.29, 1.82) is 0 Å². The lowest BCUT2D eigenvalue weighted by atomic mass is 10.1. The Morgan fingerprint density at radius 1 is 1.58 bits per heavy atom. The van der Waals surface area contributed by atoms with E-state index in [0.29, 0.717) is 17.4 Å². The van der Waals surface area contributed by atoms with Crippen molar-refractivity contribution < 1.29 is 4.79 Å². The van der Waals surface area contributed by atoms with Gasteiger partial charge in [0.05, 0.1) is 5.69 Å². The van der Waals surface area contributed by atoms with E-state index in [0.717, 1.165) is 26.2 Å². The number of hydrogen-bond acceptors (Lipinski definition) is 5. The summed E-state index contributed by atoms with van der Waals surface area (Å²) >= 11 is 0. The Balaban J connectivity index is 1.96. The SMILES string of the molecule is CCN1CCC(CNc2nc(C(N)=O)ccc2N)C1. The van der Waals surface area contributed by atoms with E-state index in [-0.39, 0.29) is 5.69 Å². The Morgan fingerprint density at radius 2 is 2.37 bits per heavy atom. The highest BCUT2D eigenvalue weighted by Gasteiger charge is 2.21. The van der Waals surface area contributed by atoms with Crippen LogP contribution in [0.2, 0.25) is 0 Å². The fourth-order valence-corrected chi connectivity index (χ4v) is 2.36. The molecule has 0 spiro atoms. The zero-order valence-electron chi connectivity index (χ0n) is 11.2. The van der Waals surface area contributed by atoms with Gasteiger partial charge in [-0.1, -0.05) is 6.92 Å². The number of amides is 1. The second-order valence-corrected chi connectivity index (χ2v) is 4.93. The molecule has 2 heterocycles. The van der Waals surface area contributed by atoms with Crippen LogP contribution >= 0.6 is 0 Å². The molecule has 0 aromatic carbocycles. The number of rotatable bonds is 5. The molecule has 0 saturated carbocycles. The summed E-state index contributed by atoms with van der Waals surface area (Å²) in [7, 11) is 0. The highest BCUT2D eigenvalue weighted by molar-refractivity contribution is 5.91. The number of nitrogen functional groups attached to an aromatic ring is 1. The molecule has 104 valence electrons. The molecule has 2 rings (SSSR count). The van der Waals surface area contributed by atoms with Crippen LogP contribution in [0.25, 0.3) is 0 Å². The summed E-state index contributed by atoms with van der Waals surface area (Å²) < 4.78 is 0. The van der Waals surface area contributed by atoms with Crippen molar-refractivity contribution in [3.05, 3.63) is 17.8 Å². The molecule has 1 aliphatic heterocycles. The lowest BCUT2D eigenvalue weighted by Crippen LogP contribution is -2.23. The van der Waals surface area contributed by atoms with Crippen molar-refractivity contribution >= 4 is 17.4 Å². The van der Waals surface area contributed by atoms with Crippen LogP contribution in [0.3, 0.4) is 0 Å². The van der Waals surface area contributed by atoms with Gasteiger partial charge in [0.25, 0.3) is 5.91 Å². The van der Waals surface area contributed by atoms with Crippen molar-refractivity contribution in [2.75, 3.05) is 37.2 Å². The summed E-state index contributed by atoms with van der Waals surface area (Å²) in [4.78, 5) is 17.7. The van der Waals surface area contributed by atoms with Crippen LogP contribution in [0.5, 0.6) is 0 Å². The predicted octanol–water partition coefficient (Wildman–Crippen LogP) is 0.516. The Morgan fingerprint density at radius 3 is 3.00 bits per heavy atom. The van der Waals surface area contributed by atoms with Gasteiger partial charge in [-0.05, 0) is 37.6 Å². The topological polar surface area (TPSA) is 97.3 Å². The number of nitrogens with two attached hydrogens (primary N) is 2. The normalized spacial score (nSPS) is 19.5. The van der Waals surface area contributed by atoms with Crippen LogP contribution in [0.15, 0.2) is 12.1 Å². The van der Waals surface area contributed by atoms with Gasteiger partial charge in [-0.3, -0.25) is 4.79 Å². The molecular formula is C13H21N5O. The van der Waals surface area contributed by atoms with Crippen molar-refractivity contribution in [2.24, 2.45) is 11.7 Å². The summed E-state index contributed by atoms with van der Waals surface area (Å²) in [6.45, 7) is 6.32. The maximum atomic E-state index is 11.1. The van der Waals surface area contributed by atoms with Crippen molar-refractivity contribution in [1.82, 2.24) is 9.88 Å². The Bertz CT molecular complexity index is 462. The van der Waals surface area contributed by atoms with Gasteiger partial charge in [-0.15, -0.1) is 0 Å². The van der Waals surface area contributed by atoms with E-state index >= 15 is 0 Å².